The maximum absolute atomic E-state index is 14.3. The van der Waals surface area contributed by atoms with Gasteiger partial charge in [0.05, 0.1) is 23.1 Å². The van der Waals surface area contributed by atoms with Gasteiger partial charge in [-0.1, -0.05) is 55.4 Å². The second-order valence-electron chi connectivity index (χ2n) is 8.13. The molecule has 166 valence electrons. The van der Waals surface area contributed by atoms with E-state index in [1.54, 1.807) is 18.3 Å². The Hall–Kier alpha value is -2.41. The fourth-order valence-corrected chi connectivity index (χ4v) is 4.77. The molecule has 1 aromatic heterocycles. The standard InChI is InChI=1S/C25H23ClFNO3S/c1-14(2)15-4-7-19(8-5-15)32-25-16(3-6-18-9-17(29)10-24(30)31-18)13-28-23-12-21(26)22(27)11-20(23)25/h3-8,11-14,17-18,29H,9-10H2,1-2H3/b6-3+. The lowest BCUT2D eigenvalue weighted by Crippen LogP contribution is -2.31. The molecule has 4 nitrogen and oxygen atoms in total. The number of hydrogen-bond acceptors (Lipinski definition) is 5. The number of ether oxygens (including phenoxy) is 1. The van der Waals surface area contributed by atoms with Crippen LogP contribution in [0.5, 0.6) is 0 Å². The Kier molecular flexibility index (Phi) is 6.84. The summed E-state index contributed by atoms with van der Waals surface area (Å²) in [5.74, 6) is -0.505. The first kappa shape index (κ1) is 22.8. The fourth-order valence-electron chi connectivity index (χ4n) is 3.59. The predicted octanol–water partition coefficient (Wildman–Crippen LogP) is 6.38. The maximum atomic E-state index is 14.3. The van der Waals surface area contributed by atoms with E-state index in [0.29, 0.717) is 23.2 Å². The molecule has 2 atom stereocenters. The summed E-state index contributed by atoms with van der Waals surface area (Å²) in [5, 5.41) is 10.5. The molecule has 32 heavy (non-hydrogen) atoms. The number of aromatic nitrogens is 1. The van der Waals surface area contributed by atoms with Crippen molar-refractivity contribution in [1.82, 2.24) is 4.98 Å². The molecule has 0 radical (unpaired) electrons. The highest BCUT2D eigenvalue weighted by molar-refractivity contribution is 7.99. The zero-order valence-corrected chi connectivity index (χ0v) is 19.3. The van der Waals surface area contributed by atoms with Crippen molar-refractivity contribution in [2.75, 3.05) is 0 Å². The molecule has 1 fully saturated rings. The highest BCUT2D eigenvalue weighted by Gasteiger charge is 2.25. The van der Waals surface area contributed by atoms with Gasteiger partial charge in [-0.15, -0.1) is 0 Å². The van der Waals surface area contributed by atoms with Crippen LogP contribution in [0.4, 0.5) is 4.39 Å². The molecule has 0 amide bonds. The van der Waals surface area contributed by atoms with E-state index in [9.17, 15) is 14.3 Å². The van der Waals surface area contributed by atoms with Crippen molar-refractivity contribution in [2.45, 2.75) is 54.6 Å². The van der Waals surface area contributed by atoms with Gasteiger partial charge < -0.3 is 9.84 Å². The lowest BCUT2D eigenvalue weighted by Gasteiger charge is -2.23. The number of aliphatic hydroxyl groups excluding tert-OH is 1. The van der Waals surface area contributed by atoms with Gasteiger partial charge in [-0.25, -0.2) is 4.39 Å². The van der Waals surface area contributed by atoms with Gasteiger partial charge in [-0.3, -0.25) is 9.78 Å². The second-order valence-corrected chi connectivity index (χ2v) is 9.62. The Morgan fingerprint density at radius 3 is 2.72 bits per heavy atom. The van der Waals surface area contributed by atoms with Crippen molar-refractivity contribution in [3.63, 3.8) is 0 Å². The van der Waals surface area contributed by atoms with Crippen LogP contribution in [-0.4, -0.2) is 28.3 Å². The summed E-state index contributed by atoms with van der Waals surface area (Å²) in [7, 11) is 0. The number of benzene rings is 2. The largest absolute Gasteiger partial charge is 0.458 e. The highest BCUT2D eigenvalue weighted by Crippen LogP contribution is 2.38. The van der Waals surface area contributed by atoms with E-state index in [2.05, 4.69) is 31.0 Å². The zero-order chi connectivity index (χ0) is 22.8. The van der Waals surface area contributed by atoms with Crippen molar-refractivity contribution >= 4 is 46.3 Å². The van der Waals surface area contributed by atoms with Crippen LogP contribution in [-0.2, 0) is 9.53 Å². The normalized spacial score (nSPS) is 19.1. The van der Waals surface area contributed by atoms with Crippen LogP contribution < -0.4 is 0 Å². The maximum Gasteiger partial charge on any atom is 0.309 e. The van der Waals surface area contributed by atoms with Crippen LogP contribution in [0.15, 0.2) is 58.5 Å². The number of aliphatic hydroxyl groups is 1. The van der Waals surface area contributed by atoms with Gasteiger partial charge in [0, 0.05) is 33.4 Å². The SMILES string of the molecule is CC(C)c1ccc(Sc2c(/C=C/C3CC(O)CC(=O)O3)cnc3cc(Cl)c(F)cc23)cc1. The van der Waals surface area contributed by atoms with Gasteiger partial charge in [0.15, 0.2) is 0 Å². The van der Waals surface area contributed by atoms with Gasteiger partial charge in [0.25, 0.3) is 0 Å². The van der Waals surface area contributed by atoms with Crippen molar-refractivity contribution < 1.29 is 19.0 Å². The number of cyclic esters (lactones) is 1. The monoisotopic (exact) mass is 471 g/mol. The Balaban J connectivity index is 1.73. The number of halogens is 2. The van der Waals surface area contributed by atoms with E-state index < -0.39 is 24.0 Å². The minimum atomic E-state index is -0.717. The summed E-state index contributed by atoms with van der Waals surface area (Å²) in [6.07, 6.45) is 4.35. The van der Waals surface area contributed by atoms with Gasteiger partial charge >= 0.3 is 5.97 Å². The zero-order valence-electron chi connectivity index (χ0n) is 17.7. The van der Waals surface area contributed by atoms with Crippen LogP contribution in [0.1, 0.15) is 43.7 Å². The van der Waals surface area contributed by atoms with E-state index in [4.69, 9.17) is 16.3 Å². The smallest absolute Gasteiger partial charge is 0.309 e. The van der Waals surface area contributed by atoms with E-state index in [1.165, 1.54) is 29.5 Å². The number of carbonyl (C=O) groups is 1. The summed E-state index contributed by atoms with van der Waals surface area (Å²) in [4.78, 5) is 17.9. The van der Waals surface area contributed by atoms with Crippen molar-refractivity contribution in [2.24, 2.45) is 0 Å². The van der Waals surface area contributed by atoms with Crippen LogP contribution in [0, 0.1) is 5.82 Å². The molecular formula is C25H23ClFNO3S. The van der Waals surface area contributed by atoms with E-state index in [0.717, 1.165) is 15.4 Å². The molecule has 2 heterocycles. The van der Waals surface area contributed by atoms with Crippen molar-refractivity contribution in [1.29, 1.82) is 0 Å². The average Bonchev–Trinajstić information content (AvgIpc) is 2.74. The second kappa shape index (κ2) is 9.61. The number of fused-ring (bicyclic) bond motifs is 1. The quantitative estimate of drug-likeness (QED) is 0.437. The summed E-state index contributed by atoms with van der Waals surface area (Å²) in [5.41, 5.74) is 2.59. The number of pyridine rings is 1. The highest BCUT2D eigenvalue weighted by atomic mass is 35.5. The van der Waals surface area contributed by atoms with Crippen LogP contribution in [0.3, 0.4) is 0 Å². The Morgan fingerprint density at radius 1 is 1.28 bits per heavy atom. The molecule has 2 unspecified atom stereocenters. The van der Waals surface area contributed by atoms with Crippen LogP contribution >= 0.6 is 23.4 Å². The molecular weight excluding hydrogens is 449 g/mol. The minimum absolute atomic E-state index is 0.00931. The summed E-state index contributed by atoms with van der Waals surface area (Å²) in [6.45, 7) is 4.28. The summed E-state index contributed by atoms with van der Waals surface area (Å²) >= 11 is 7.48. The number of rotatable bonds is 5. The summed E-state index contributed by atoms with van der Waals surface area (Å²) < 4.78 is 19.6. The first-order chi connectivity index (χ1) is 15.3. The van der Waals surface area contributed by atoms with Crippen LogP contribution in [0.25, 0.3) is 17.0 Å². The third-order valence-corrected chi connectivity index (χ3v) is 6.79. The minimum Gasteiger partial charge on any atom is -0.458 e. The van der Waals surface area contributed by atoms with Crippen molar-refractivity contribution in [3.05, 3.63) is 70.6 Å². The average molecular weight is 472 g/mol. The lowest BCUT2D eigenvalue weighted by molar-refractivity contribution is -0.156. The number of carbonyl (C=O) groups excluding carboxylic acids is 1. The third kappa shape index (κ3) is 5.14. The van der Waals surface area contributed by atoms with Gasteiger partial charge in [0.1, 0.15) is 11.9 Å². The Morgan fingerprint density at radius 2 is 2.03 bits per heavy atom. The molecule has 1 aliphatic rings. The predicted molar refractivity (Wildman–Crippen MR) is 126 cm³/mol. The molecule has 2 aromatic carbocycles. The molecule has 0 saturated carbocycles. The Labute approximate surface area is 195 Å². The number of nitrogens with zero attached hydrogens (tertiary/aromatic N) is 1. The molecule has 7 heteroatoms. The third-order valence-electron chi connectivity index (χ3n) is 5.33. The molecule has 0 spiro atoms. The molecule has 1 saturated heterocycles. The van der Waals surface area contributed by atoms with E-state index >= 15 is 0 Å². The van der Waals surface area contributed by atoms with Gasteiger partial charge in [-0.05, 0) is 41.8 Å². The molecule has 1 aliphatic heterocycles. The number of esters is 1. The molecule has 0 aliphatic carbocycles. The molecule has 1 N–H and O–H groups in total. The topological polar surface area (TPSA) is 59.4 Å². The molecule has 3 aromatic rings. The first-order valence-corrected chi connectivity index (χ1v) is 11.6. The van der Waals surface area contributed by atoms with E-state index in [1.807, 2.05) is 12.1 Å². The van der Waals surface area contributed by atoms with Gasteiger partial charge in [-0.2, -0.15) is 0 Å². The summed E-state index contributed by atoms with van der Waals surface area (Å²) in [6, 6.07) is 11.2. The molecule has 4 rings (SSSR count). The number of hydrogen-bond donors (Lipinski definition) is 1. The Bertz CT molecular complexity index is 1180. The first-order valence-electron chi connectivity index (χ1n) is 10.4. The fraction of sp³-hybridized carbons (Fsp3) is 0.280. The lowest BCUT2D eigenvalue weighted by atomic mass is 10.0. The van der Waals surface area contributed by atoms with Gasteiger partial charge in [0.2, 0.25) is 0 Å². The van der Waals surface area contributed by atoms with Crippen molar-refractivity contribution in [3.8, 4) is 0 Å². The van der Waals surface area contributed by atoms with E-state index in [-0.39, 0.29) is 11.4 Å². The molecule has 0 bridgehead atoms. The van der Waals surface area contributed by atoms with Crippen LogP contribution in [0.2, 0.25) is 5.02 Å².